The molecule has 0 aliphatic heterocycles. The van der Waals surface area contributed by atoms with Gasteiger partial charge < -0.3 is 0 Å². The highest BCUT2D eigenvalue weighted by Crippen LogP contribution is 2.39. The van der Waals surface area contributed by atoms with Crippen LogP contribution in [-0.4, -0.2) is 0 Å². The summed E-state index contributed by atoms with van der Waals surface area (Å²) in [5.41, 5.74) is 6.23. The number of hydrogen-bond donors (Lipinski definition) is 0. The van der Waals surface area contributed by atoms with E-state index >= 15 is 0 Å². The van der Waals surface area contributed by atoms with Crippen molar-refractivity contribution in [1.29, 1.82) is 0 Å². The topological polar surface area (TPSA) is 0 Å². The van der Waals surface area contributed by atoms with Gasteiger partial charge in [-0.3, -0.25) is 0 Å². The molecule has 1 atom stereocenters. The maximum absolute atomic E-state index is 14.4. The van der Waals surface area contributed by atoms with Crippen molar-refractivity contribution >= 4 is 0 Å². The summed E-state index contributed by atoms with van der Waals surface area (Å²) in [7, 11) is 0. The molecule has 1 heteroatoms. The second-order valence-corrected chi connectivity index (χ2v) is 10.5. The molecule has 1 fully saturated rings. The van der Waals surface area contributed by atoms with Crippen LogP contribution in [0.3, 0.4) is 0 Å². The van der Waals surface area contributed by atoms with Crippen molar-refractivity contribution in [2.45, 2.75) is 83.5 Å². The molecule has 1 unspecified atom stereocenters. The Morgan fingerprint density at radius 1 is 0.829 bits per heavy atom. The molecule has 0 N–H and O–H groups in total. The van der Waals surface area contributed by atoms with E-state index in [1.54, 1.807) is 6.07 Å². The third kappa shape index (κ3) is 7.40. The standard InChI is InChI=1S/C34H41F/c1-3-4-6-11-33-23-18-29(25-34(33)35)13-12-27-14-19-31(20-15-27)32-21-16-28(17-22-32)24-26(2)30-9-7-5-8-10-30/h3-5,7-10,14-15,18-20,23,25-26,28,32H,6,11-13,16-17,21-22,24H2,1-2H3/b4-3+. The first-order chi connectivity index (χ1) is 17.1. The Labute approximate surface area is 212 Å². The lowest BCUT2D eigenvalue weighted by molar-refractivity contribution is 0.297. The summed E-state index contributed by atoms with van der Waals surface area (Å²) in [5, 5.41) is 0. The molecule has 35 heavy (non-hydrogen) atoms. The lowest BCUT2D eigenvalue weighted by Crippen LogP contribution is -2.15. The van der Waals surface area contributed by atoms with Gasteiger partial charge in [0.2, 0.25) is 0 Å². The van der Waals surface area contributed by atoms with Crippen LogP contribution in [0.1, 0.15) is 92.0 Å². The Hall–Kier alpha value is -2.67. The first-order valence-corrected chi connectivity index (χ1v) is 13.6. The highest BCUT2D eigenvalue weighted by molar-refractivity contribution is 5.29. The minimum Gasteiger partial charge on any atom is -0.207 e. The number of hydrogen-bond acceptors (Lipinski definition) is 0. The van der Waals surface area contributed by atoms with Crippen molar-refractivity contribution in [1.82, 2.24) is 0 Å². The van der Waals surface area contributed by atoms with Crippen molar-refractivity contribution in [3.63, 3.8) is 0 Å². The summed E-state index contributed by atoms with van der Waals surface area (Å²) >= 11 is 0. The van der Waals surface area contributed by atoms with Gasteiger partial charge >= 0.3 is 0 Å². The van der Waals surface area contributed by atoms with Crippen molar-refractivity contribution in [3.8, 4) is 0 Å². The van der Waals surface area contributed by atoms with Crippen LogP contribution in [0.2, 0.25) is 0 Å². The highest BCUT2D eigenvalue weighted by atomic mass is 19.1. The Kier molecular flexibility index (Phi) is 9.35. The maximum Gasteiger partial charge on any atom is 0.126 e. The van der Waals surface area contributed by atoms with E-state index in [2.05, 4.69) is 73.7 Å². The normalized spacial score (nSPS) is 19.2. The van der Waals surface area contributed by atoms with Crippen molar-refractivity contribution in [2.75, 3.05) is 0 Å². The van der Waals surface area contributed by atoms with Gasteiger partial charge in [-0.15, -0.1) is 0 Å². The average Bonchev–Trinajstić information content (AvgIpc) is 2.90. The zero-order chi connectivity index (χ0) is 24.5. The first kappa shape index (κ1) is 25.4. The highest BCUT2D eigenvalue weighted by Gasteiger charge is 2.24. The summed E-state index contributed by atoms with van der Waals surface area (Å²) in [6, 6.07) is 26.0. The van der Waals surface area contributed by atoms with Crippen LogP contribution >= 0.6 is 0 Å². The van der Waals surface area contributed by atoms with Gasteiger partial charge in [0.25, 0.3) is 0 Å². The molecule has 0 amide bonds. The molecule has 1 saturated carbocycles. The SMILES string of the molecule is C/C=C/CCc1ccc(CCc2ccc(C3CCC(CC(C)c4ccccc4)CC3)cc2)cc1F. The number of aryl methyl sites for hydroxylation is 3. The first-order valence-electron chi connectivity index (χ1n) is 13.6. The monoisotopic (exact) mass is 468 g/mol. The van der Waals surface area contributed by atoms with E-state index in [1.165, 1.54) is 48.8 Å². The van der Waals surface area contributed by atoms with Gasteiger partial charge in [0.1, 0.15) is 5.82 Å². The predicted octanol–water partition coefficient (Wildman–Crippen LogP) is 9.59. The molecule has 1 aliphatic carbocycles. The zero-order valence-electron chi connectivity index (χ0n) is 21.6. The molecule has 0 aromatic heterocycles. The molecule has 1 aliphatic rings. The van der Waals surface area contributed by atoms with Gasteiger partial charge in [-0.1, -0.05) is 85.8 Å². The van der Waals surface area contributed by atoms with Crippen LogP contribution in [0, 0.1) is 11.7 Å². The number of allylic oxidation sites excluding steroid dienone is 2. The Balaban J connectivity index is 1.23. The van der Waals surface area contributed by atoms with E-state index in [4.69, 9.17) is 0 Å². The van der Waals surface area contributed by atoms with Gasteiger partial charge in [-0.2, -0.15) is 0 Å². The quantitative estimate of drug-likeness (QED) is 0.260. The number of rotatable bonds is 10. The summed E-state index contributed by atoms with van der Waals surface area (Å²) in [4.78, 5) is 0. The van der Waals surface area contributed by atoms with E-state index in [0.29, 0.717) is 11.8 Å². The minimum atomic E-state index is -0.0592. The third-order valence-electron chi connectivity index (χ3n) is 7.99. The maximum atomic E-state index is 14.4. The van der Waals surface area contributed by atoms with E-state index in [9.17, 15) is 4.39 Å². The van der Waals surface area contributed by atoms with E-state index < -0.39 is 0 Å². The Morgan fingerprint density at radius 3 is 2.20 bits per heavy atom. The van der Waals surface area contributed by atoms with Crippen LogP contribution in [0.4, 0.5) is 4.39 Å². The van der Waals surface area contributed by atoms with Gasteiger partial charge in [-0.25, -0.2) is 4.39 Å². The predicted molar refractivity (Wildman–Crippen MR) is 148 cm³/mol. The second kappa shape index (κ2) is 12.9. The van der Waals surface area contributed by atoms with Gasteiger partial charge in [0, 0.05) is 0 Å². The Bertz CT molecular complexity index is 1060. The van der Waals surface area contributed by atoms with E-state index in [-0.39, 0.29) is 5.82 Å². The largest absolute Gasteiger partial charge is 0.207 e. The molecule has 0 saturated heterocycles. The molecular weight excluding hydrogens is 427 g/mol. The molecule has 184 valence electrons. The van der Waals surface area contributed by atoms with Crippen LogP contribution < -0.4 is 0 Å². The smallest absolute Gasteiger partial charge is 0.126 e. The van der Waals surface area contributed by atoms with Crippen LogP contribution in [0.5, 0.6) is 0 Å². The van der Waals surface area contributed by atoms with Crippen LogP contribution in [0.15, 0.2) is 84.9 Å². The molecule has 0 heterocycles. The molecule has 3 aromatic rings. The average molecular weight is 469 g/mol. The van der Waals surface area contributed by atoms with Crippen molar-refractivity contribution in [3.05, 3.63) is 119 Å². The van der Waals surface area contributed by atoms with Gasteiger partial charge in [0.05, 0.1) is 0 Å². The third-order valence-corrected chi connectivity index (χ3v) is 7.99. The molecule has 0 spiro atoms. The lowest BCUT2D eigenvalue weighted by atomic mass is 9.75. The fraction of sp³-hybridized carbons (Fsp3) is 0.412. The molecular formula is C34H41F. The van der Waals surface area contributed by atoms with E-state index in [0.717, 1.165) is 42.7 Å². The summed E-state index contributed by atoms with van der Waals surface area (Å²) in [6.45, 7) is 4.39. The molecule has 4 rings (SSSR count). The fourth-order valence-corrected chi connectivity index (χ4v) is 5.75. The molecule has 3 aromatic carbocycles. The minimum absolute atomic E-state index is 0.0592. The summed E-state index contributed by atoms with van der Waals surface area (Å²) in [6.07, 6.45) is 14.3. The molecule has 0 radical (unpaired) electrons. The number of benzene rings is 3. The van der Waals surface area contributed by atoms with Crippen molar-refractivity contribution < 1.29 is 4.39 Å². The summed E-state index contributed by atoms with van der Waals surface area (Å²) in [5.74, 6) is 2.16. The fourth-order valence-electron chi connectivity index (χ4n) is 5.75. The van der Waals surface area contributed by atoms with Crippen LogP contribution in [0.25, 0.3) is 0 Å². The van der Waals surface area contributed by atoms with Crippen molar-refractivity contribution in [2.24, 2.45) is 5.92 Å². The molecule has 0 nitrogen and oxygen atoms in total. The molecule has 0 bridgehead atoms. The van der Waals surface area contributed by atoms with Gasteiger partial charge in [0.15, 0.2) is 0 Å². The lowest BCUT2D eigenvalue weighted by Gasteiger charge is -2.30. The summed E-state index contributed by atoms with van der Waals surface area (Å²) < 4.78 is 14.4. The number of halogens is 1. The van der Waals surface area contributed by atoms with Crippen LogP contribution in [-0.2, 0) is 19.3 Å². The Morgan fingerprint density at radius 2 is 1.51 bits per heavy atom. The van der Waals surface area contributed by atoms with Gasteiger partial charge in [-0.05, 0) is 116 Å². The second-order valence-electron chi connectivity index (χ2n) is 10.5. The zero-order valence-corrected chi connectivity index (χ0v) is 21.6. The van der Waals surface area contributed by atoms with E-state index in [1.807, 2.05) is 19.1 Å².